The number of para-hydroxylation sites is 1. The molecule has 9 nitrogen and oxygen atoms in total. The van der Waals surface area contributed by atoms with Crippen molar-refractivity contribution in [1.29, 1.82) is 0 Å². The molecule has 0 spiro atoms. The number of aromatic amines is 1. The predicted octanol–water partition coefficient (Wildman–Crippen LogP) is 0.754. The van der Waals surface area contributed by atoms with E-state index in [2.05, 4.69) is 14.8 Å². The van der Waals surface area contributed by atoms with Gasteiger partial charge >= 0.3 is 5.69 Å². The lowest BCUT2D eigenvalue weighted by atomic mass is 10.2. The molecule has 0 aliphatic rings. The molecule has 2 N–H and O–H groups in total. The quantitative estimate of drug-likeness (QED) is 0.643. The zero-order valence-corrected chi connectivity index (χ0v) is 16.1. The Hall–Kier alpha value is -2.72. The van der Waals surface area contributed by atoms with Crippen LogP contribution in [0.4, 0.5) is 0 Å². The number of aromatic nitrogens is 4. The number of hydrogen-bond donors (Lipinski definition) is 2. The van der Waals surface area contributed by atoms with Gasteiger partial charge in [-0.05, 0) is 32.9 Å². The van der Waals surface area contributed by atoms with E-state index in [-0.39, 0.29) is 24.0 Å². The molecule has 0 bridgehead atoms. The molecule has 0 radical (unpaired) electrons. The first-order valence-corrected chi connectivity index (χ1v) is 9.96. The highest BCUT2D eigenvalue weighted by atomic mass is 32.2. The minimum Gasteiger partial charge on any atom is -0.307 e. The monoisotopic (exact) mass is 391 g/mol. The van der Waals surface area contributed by atoms with E-state index in [0.717, 1.165) is 4.57 Å². The molecule has 0 aliphatic heterocycles. The molecule has 0 saturated heterocycles. The number of nitrogens with one attached hydrogen (secondary N) is 2. The minimum atomic E-state index is -3.80. The van der Waals surface area contributed by atoms with Gasteiger partial charge in [-0.3, -0.25) is 14.0 Å². The van der Waals surface area contributed by atoms with Crippen LogP contribution in [0.3, 0.4) is 0 Å². The molecule has 10 heteroatoms. The SMILES string of the molecule is Cc1nn(C(C)C)cc1S(=O)(=O)NCCn1c(=O)[nH]c2ccccc2c1=O. The van der Waals surface area contributed by atoms with Crippen LogP contribution in [0.2, 0.25) is 0 Å². The van der Waals surface area contributed by atoms with E-state index in [9.17, 15) is 18.0 Å². The summed E-state index contributed by atoms with van der Waals surface area (Å²) in [6.07, 6.45) is 1.47. The lowest BCUT2D eigenvalue weighted by Gasteiger charge is -2.08. The van der Waals surface area contributed by atoms with Crippen LogP contribution in [0.25, 0.3) is 10.9 Å². The average Bonchev–Trinajstić information content (AvgIpc) is 3.01. The van der Waals surface area contributed by atoms with Crippen LogP contribution in [0.5, 0.6) is 0 Å². The number of aryl methyl sites for hydroxylation is 1. The topological polar surface area (TPSA) is 119 Å². The molecule has 2 heterocycles. The highest BCUT2D eigenvalue weighted by Crippen LogP contribution is 2.15. The molecule has 1 aromatic carbocycles. The number of hydrogen-bond acceptors (Lipinski definition) is 5. The van der Waals surface area contributed by atoms with Gasteiger partial charge in [0.2, 0.25) is 10.0 Å². The highest BCUT2D eigenvalue weighted by Gasteiger charge is 2.21. The Morgan fingerprint density at radius 3 is 2.59 bits per heavy atom. The van der Waals surface area contributed by atoms with Gasteiger partial charge in [0.05, 0.1) is 16.6 Å². The lowest BCUT2D eigenvalue weighted by Crippen LogP contribution is -2.39. The maximum atomic E-state index is 12.5. The Balaban J connectivity index is 1.81. The summed E-state index contributed by atoms with van der Waals surface area (Å²) in [5.41, 5.74) is -0.211. The number of H-pyrrole nitrogens is 1. The van der Waals surface area contributed by atoms with Crippen LogP contribution < -0.4 is 16.0 Å². The van der Waals surface area contributed by atoms with Crippen molar-refractivity contribution in [3.8, 4) is 0 Å². The molecule has 0 aliphatic carbocycles. The van der Waals surface area contributed by atoms with Crippen molar-refractivity contribution in [2.24, 2.45) is 0 Å². The summed E-state index contributed by atoms with van der Waals surface area (Å²) in [5, 5.41) is 4.56. The molecular formula is C17H21N5O4S. The Morgan fingerprint density at radius 1 is 1.22 bits per heavy atom. The van der Waals surface area contributed by atoms with Gasteiger partial charge in [-0.2, -0.15) is 5.10 Å². The number of nitrogens with zero attached hydrogens (tertiary/aromatic N) is 3. The molecular weight excluding hydrogens is 370 g/mol. The van der Waals surface area contributed by atoms with Crippen molar-refractivity contribution >= 4 is 20.9 Å². The van der Waals surface area contributed by atoms with E-state index in [4.69, 9.17) is 0 Å². The number of sulfonamides is 1. The van der Waals surface area contributed by atoms with Crippen molar-refractivity contribution < 1.29 is 8.42 Å². The first-order valence-electron chi connectivity index (χ1n) is 8.48. The third-order valence-corrected chi connectivity index (χ3v) is 5.77. The third kappa shape index (κ3) is 3.71. The zero-order chi connectivity index (χ0) is 19.8. The van der Waals surface area contributed by atoms with E-state index in [1.807, 2.05) is 13.8 Å². The fourth-order valence-corrected chi connectivity index (χ4v) is 3.96. The molecule has 0 amide bonds. The molecule has 27 heavy (non-hydrogen) atoms. The number of benzene rings is 1. The minimum absolute atomic E-state index is 0.0300. The molecule has 2 aromatic heterocycles. The van der Waals surface area contributed by atoms with Gasteiger partial charge in [-0.15, -0.1) is 0 Å². The summed E-state index contributed by atoms with van der Waals surface area (Å²) in [7, 11) is -3.80. The Labute approximate surface area is 155 Å². The molecule has 0 saturated carbocycles. The molecule has 144 valence electrons. The van der Waals surface area contributed by atoms with Crippen LogP contribution in [0, 0.1) is 6.92 Å². The van der Waals surface area contributed by atoms with Crippen LogP contribution >= 0.6 is 0 Å². The maximum absolute atomic E-state index is 12.5. The van der Waals surface area contributed by atoms with Gasteiger partial charge < -0.3 is 4.98 Å². The second-order valence-electron chi connectivity index (χ2n) is 6.48. The van der Waals surface area contributed by atoms with Crippen molar-refractivity contribution in [2.75, 3.05) is 6.54 Å². The summed E-state index contributed by atoms with van der Waals surface area (Å²) in [5.74, 6) is 0. The molecule has 0 fully saturated rings. The lowest BCUT2D eigenvalue weighted by molar-refractivity contribution is 0.528. The zero-order valence-electron chi connectivity index (χ0n) is 15.3. The first kappa shape index (κ1) is 19.1. The Kier molecular flexibility index (Phi) is 5.03. The molecule has 3 aromatic rings. The molecule has 0 unspecified atom stereocenters. The van der Waals surface area contributed by atoms with Crippen molar-refractivity contribution in [1.82, 2.24) is 24.1 Å². The van der Waals surface area contributed by atoms with Gasteiger partial charge in [-0.25, -0.2) is 17.9 Å². The maximum Gasteiger partial charge on any atom is 0.328 e. The highest BCUT2D eigenvalue weighted by molar-refractivity contribution is 7.89. The summed E-state index contributed by atoms with van der Waals surface area (Å²) in [6.45, 7) is 5.22. The predicted molar refractivity (Wildman–Crippen MR) is 101 cm³/mol. The van der Waals surface area contributed by atoms with E-state index in [1.54, 1.807) is 35.9 Å². The fourth-order valence-electron chi connectivity index (χ4n) is 2.76. The van der Waals surface area contributed by atoms with Crippen molar-refractivity contribution in [3.63, 3.8) is 0 Å². The van der Waals surface area contributed by atoms with Crippen molar-refractivity contribution in [2.45, 2.75) is 38.3 Å². The van der Waals surface area contributed by atoms with E-state index in [1.165, 1.54) is 6.20 Å². The van der Waals surface area contributed by atoms with Gasteiger partial charge in [0.15, 0.2) is 0 Å². The first-order chi connectivity index (χ1) is 12.7. The average molecular weight is 391 g/mol. The number of rotatable bonds is 6. The Morgan fingerprint density at radius 2 is 1.93 bits per heavy atom. The van der Waals surface area contributed by atoms with Crippen molar-refractivity contribution in [3.05, 3.63) is 57.0 Å². The standard InChI is InChI=1S/C17H21N5O4S/c1-11(2)22-10-15(12(3)20-22)27(25,26)18-8-9-21-16(23)13-6-4-5-7-14(13)19-17(21)24/h4-7,10-11,18H,8-9H2,1-3H3,(H,19,24). The van der Waals surface area contributed by atoms with Crippen LogP contribution in [-0.2, 0) is 16.6 Å². The normalized spacial score (nSPS) is 12.1. The third-order valence-electron chi connectivity index (χ3n) is 4.21. The largest absolute Gasteiger partial charge is 0.328 e. The summed E-state index contributed by atoms with van der Waals surface area (Å²) >= 11 is 0. The van der Waals surface area contributed by atoms with Gasteiger partial charge in [0, 0.05) is 25.3 Å². The Bertz CT molecular complexity index is 1200. The fraction of sp³-hybridized carbons (Fsp3) is 0.353. The van der Waals surface area contributed by atoms with E-state index < -0.39 is 21.3 Å². The summed E-state index contributed by atoms with van der Waals surface area (Å²) in [6, 6.07) is 6.70. The molecule has 3 rings (SSSR count). The summed E-state index contributed by atoms with van der Waals surface area (Å²) < 4.78 is 30.0. The van der Waals surface area contributed by atoms with Crippen LogP contribution in [0.1, 0.15) is 25.6 Å². The van der Waals surface area contributed by atoms with E-state index in [0.29, 0.717) is 16.6 Å². The van der Waals surface area contributed by atoms with Gasteiger partial charge in [0.1, 0.15) is 4.90 Å². The van der Waals surface area contributed by atoms with Gasteiger partial charge in [-0.1, -0.05) is 12.1 Å². The smallest absolute Gasteiger partial charge is 0.307 e. The summed E-state index contributed by atoms with van der Waals surface area (Å²) in [4.78, 5) is 27.3. The van der Waals surface area contributed by atoms with Crippen LogP contribution in [-0.4, -0.2) is 34.3 Å². The van der Waals surface area contributed by atoms with Crippen LogP contribution in [0.15, 0.2) is 44.9 Å². The van der Waals surface area contributed by atoms with Gasteiger partial charge in [0.25, 0.3) is 5.56 Å². The number of fused-ring (bicyclic) bond motifs is 1. The second kappa shape index (κ2) is 7.12. The second-order valence-corrected chi connectivity index (χ2v) is 8.22. The molecule has 0 atom stereocenters. The van der Waals surface area contributed by atoms with E-state index >= 15 is 0 Å².